The number of rotatable bonds is 5. The largest absolute Gasteiger partial charge is 0.370 e. The van der Waals surface area contributed by atoms with Crippen LogP contribution >= 0.6 is 0 Å². The minimum atomic E-state index is -0.0977. The number of hydrogen-bond donors (Lipinski definition) is 2. The van der Waals surface area contributed by atoms with Crippen molar-refractivity contribution >= 4 is 11.5 Å². The molecule has 59 heavy (non-hydrogen) atoms. The zero-order valence-corrected chi connectivity index (χ0v) is 34.6. The minimum Gasteiger partial charge on any atom is -0.370 e. The van der Waals surface area contributed by atoms with E-state index in [1.165, 1.54) is 58.5 Å². The second kappa shape index (κ2) is 14.2. The summed E-state index contributed by atoms with van der Waals surface area (Å²) in [7, 11) is 0. The Labute approximate surface area is 350 Å². The van der Waals surface area contributed by atoms with Gasteiger partial charge in [0.2, 0.25) is 0 Å². The number of allylic oxidation sites excluding steroid dienone is 9. The number of nitrogens with zero attached hydrogens (tertiary/aromatic N) is 2. The monoisotopic (exact) mass is 778 g/mol. The number of hydrogen-bond acceptors (Lipinski definition) is 5. The molecule has 2 aromatic rings. The highest BCUT2D eigenvalue weighted by molar-refractivity contribution is 6.02. The Bertz CT molecular complexity index is 2350. The summed E-state index contributed by atoms with van der Waals surface area (Å²) in [6.45, 7) is 5.05. The van der Waals surface area contributed by atoms with E-state index in [0.717, 1.165) is 43.5 Å². The van der Waals surface area contributed by atoms with Crippen molar-refractivity contribution in [3.8, 4) is 11.1 Å². The molecule has 2 fully saturated rings. The molecule has 5 nitrogen and oxygen atoms in total. The number of fused-ring (bicyclic) bond motifs is 9. The lowest BCUT2D eigenvalue weighted by Crippen LogP contribution is -2.57. The molecule has 12 rings (SSSR count). The fourth-order valence-electron chi connectivity index (χ4n) is 13.3. The third-order valence-corrected chi connectivity index (χ3v) is 16.2. The van der Waals surface area contributed by atoms with Crippen LogP contribution in [0.5, 0.6) is 0 Å². The SMILES string of the molecule is CC1(C)C2C=CC=C(C3NC(C4=CC5OC6CCC(N7c8ccc(-c9ccccc9)cc8C8CCC=CC87)=CC6C5C=C4)=NC(C4=CCCC=C4)N3)C2C2C=CCCC21. The molecular weight excluding hydrogens is 721 g/mol. The lowest BCUT2D eigenvalue weighted by molar-refractivity contribution is 0.0516. The fraction of sp³-hybridized carbons (Fsp3) is 0.426. The quantitative estimate of drug-likeness (QED) is 0.297. The van der Waals surface area contributed by atoms with Crippen molar-refractivity contribution in [2.75, 3.05) is 4.90 Å². The highest BCUT2D eigenvalue weighted by Crippen LogP contribution is 2.61. The third-order valence-electron chi connectivity index (χ3n) is 16.2. The smallest absolute Gasteiger partial charge is 0.131 e. The molecule has 1 saturated carbocycles. The summed E-state index contributed by atoms with van der Waals surface area (Å²) in [5.41, 5.74) is 11.2. The van der Waals surface area contributed by atoms with Crippen LogP contribution in [0, 0.1) is 40.9 Å². The molecule has 0 radical (unpaired) electrons. The Morgan fingerprint density at radius 2 is 1.71 bits per heavy atom. The molecule has 300 valence electrons. The summed E-state index contributed by atoms with van der Waals surface area (Å²) in [6, 6.07) is 18.5. The second-order valence-electron chi connectivity index (χ2n) is 19.5. The van der Waals surface area contributed by atoms with Gasteiger partial charge in [0.05, 0.1) is 18.2 Å². The maximum Gasteiger partial charge on any atom is 0.131 e. The maximum atomic E-state index is 7.01. The average Bonchev–Trinajstić information content (AvgIpc) is 3.91. The Hall–Kier alpha value is -4.71. The molecule has 1 saturated heterocycles. The summed E-state index contributed by atoms with van der Waals surface area (Å²) in [4.78, 5) is 8.15. The van der Waals surface area contributed by atoms with Gasteiger partial charge in [-0.05, 0) is 126 Å². The van der Waals surface area contributed by atoms with Gasteiger partial charge in [-0.15, -0.1) is 0 Å². The molecule has 5 heteroatoms. The van der Waals surface area contributed by atoms with Crippen LogP contribution in [0.1, 0.15) is 76.7 Å². The van der Waals surface area contributed by atoms with Gasteiger partial charge in [0.15, 0.2) is 0 Å². The molecule has 0 aromatic heterocycles. The van der Waals surface area contributed by atoms with E-state index < -0.39 is 0 Å². The van der Waals surface area contributed by atoms with E-state index >= 15 is 0 Å². The first-order valence-corrected chi connectivity index (χ1v) is 22.9. The molecule has 3 heterocycles. The van der Waals surface area contributed by atoms with Crippen molar-refractivity contribution in [1.29, 1.82) is 0 Å². The topological polar surface area (TPSA) is 48.9 Å². The van der Waals surface area contributed by atoms with Gasteiger partial charge in [-0.3, -0.25) is 5.32 Å². The number of nitrogens with one attached hydrogen (secondary N) is 2. The van der Waals surface area contributed by atoms with Gasteiger partial charge in [0, 0.05) is 34.7 Å². The van der Waals surface area contributed by atoms with Crippen molar-refractivity contribution < 1.29 is 4.74 Å². The molecule has 0 spiro atoms. The molecule has 12 unspecified atom stereocenters. The summed E-state index contributed by atoms with van der Waals surface area (Å²) < 4.78 is 7.01. The van der Waals surface area contributed by atoms with E-state index in [9.17, 15) is 0 Å². The summed E-state index contributed by atoms with van der Waals surface area (Å²) in [6.07, 6.45) is 43.3. The molecule has 2 N–H and O–H groups in total. The van der Waals surface area contributed by atoms with Crippen LogP contribution < -0.4 is 15.5 Å². The molecule has 12 atom stereocenters. The minimum absolute atomic E-state index is 0.000388. The zero-order valence-electron chi connectivity index (χ0n) is 34.6. The number of anilines is 1. The molecule has 10 aliphatic rings. The van der Waals surface area contributed by atoms with Crippen LogP contribution in [0.15, 0.2) is 161 Å². The van der Waals surface area contributed by atoms with Crippen LogP contribution in [0.3, 0.4) is 0 Å². The number of benzene rings is 2. The normalized spacial score (nSPS) is 38.1. The van der Waals surface area contributed by atoms with Crippen molar-refractivity contribution in [3.63, 3.8) is 0 Å². The first-order chi connectivity index (χ1) is 29.0. The number of aliphatic imine (C=N–C) groups is 1. The Balaban J connectivity index is 0.835. The fourth-order valence-corrected chi connectivity index (χ4v) is 13.3. The Morgan fingerprint density at radius 1 is 0.814 bits per heavy atom. The Kier molecular flexibility index (Phi) is 8.71. The third kappa shape index (κ3) is 5.89. The van der Waals surface area contributed by atoms with Gasteiger partial charge in [-0.1, -0.05) is 129 Å². The van der Waals surface area contributed by atoms with E-state index in [2.05, 4.69) is 163 Å². The first kappa shape index (κ1) is 36.2. The molecule has 0 amide bonds. The van der Waals surface area contributed by atoms with Crippen LogP contribution in [-0.4, -0.2) is 36.4 Å². The molecule has 2 aromatic carbocycles. The molecule has 0 bridgehead atoms. The van der Waals surface area contributed by atoms with Crippen molar-refractivity contribution in [2.45, 2.75) is 102 Å². The highest BCUT2D eigenvalue weighted by Gasteiger charge is 2.56. The second-order valence-corrected chi connectivity index (χ2v) is 19.5. The van der Waals surface area contributed by atoms with Crippen molar-refractivity contribution in [1.82, 2.24) is 10.6 Å². The van der Waals surface area contributed by atoms with Crippen LogP contribution in [0.25, 0.3) is 11.1 Å². The first-order valence-electron chi connectivity index (χ1n) is 22.9. The standard InChI is InChI=1S/C54H58N4O/c1-54(2)44-21-11-9-19-40(44)50-41(20-13-22-45(50)54)53-56-51(34-16-7-4-8-17-34)55-52(57-53)36-24-27-39-43-32-37(26-29-48(43)59-49(39)31-36)58-46-23-12-10-18-38(46)42-30-35(25-28-47(42)58)33-14-5-3-6-15-33/h3,5-7,9,12-17,19-20,22-25,27-28,30-32,38-40,43-46,48-51,53,56H,4,8,10-11,18,21,26,29H2,1-2H3,(H,55,57). The van der Waals surface area contributed by atoms with Crippen LogP contribution in [0.4, 0.5) is 5.69 Å². The molecule has 7 aliphatic carbocycles. The summed E-state index contributed by atoms with van der Waals surface area (Å²) in [5, 5.41) is 8.01. The van der Waals surface area contributed by atoms with E-state index in [1.807, 2.05) is 0 Å². The lowest BCUT2D eigenvalue weighted by Gasteiger charge is -2.40. The average molecular weight is 779 g/mol. The van der Waals surface area contributed by atoms with Gasteiger partial charge < -0.3 is 15.0 Å². The van der Waals surface area contributed by atoms with E-state index in [4.69, 9.17) is 9.73 Å². The molecular formula is C54H58N4O. The highest BCUT2D eigenvalue weighted by atomic mass is 16.5. The number of amidine groups is 1. The van der Waals surface area contributed by atoms with Crippen molar-refractivity contribution in [3.05, 3.63) is 162 Å². The maximum absolute atomic E-state index is 7.01. The molecule has 3 aliphatic heterocycles. The van der Waals surface area contributed by atoms with Gasteiger partial charge in [0.25, 0.3) is 0 Å². The van der Waals surface area contributed by atoms with Gasteiger partial charge >= 0.3 is 0 Å². The predicted molar refractivity (Wildman–Crippen MR) is 241 cm³/mol. The Morgan fingerprint density at radius 3 is 2.61 bits per heavy atom. The van der Waals surface area contributed by atoms with E-state index in [1.54, 1.807) is 0 Å². The lowest BCUT2D eigenvalue weighted by atomic mass is 9.70. The van der Waals surface area contributed by atoms with Gasteiger partial charge in [-0.25, -0.2) is 4.99 Å². The summed E-state index contributed by atoms with van der Waals surface area (Å²) >= 11 is 0. The van der Waals surface area contributed by atoms with Crippen LogP contribution in [0.2, 0.25) is 0 Å². The predicted octanol–water partition coefficient (Wildman–Crippen LogP) is 11.0. The number of ether oxygens (including phenoxy) is 1. The van der Waals surface area contributed by atoms with Gasteiger partial charge in [-0.2, -0.15) is 0 Å². The van der Waals surface area contributed by atoms with Gasteiger partial charge in [0.1, 0.15) is 18.2 Å². The van der Waals surface area contributed by atoms with E-state index in [0.29, 0.717) is 47.5 Å². The zero-order chi connectivity index (χ0) is 39.2. The van der Waals surface area contributed by atoms with Crippen LogP contribution in [-0.2, 0) is 4.74 Å². The van der Waals surface area contributed by atoms with Crippen molar-refractivity contribution in [2.24, 2.45) is 45.9 Å². The summed E-state index contributed by atoms with van der Waals surface area (Å²) in [5.74, 6) is 4.48. The van der Waals surface area contributed by atoms with E-state index in [-0.39, 0.29) is 30.0 Å².